The zero-order chi connectivity index (χ0) is 22.4. The molecule has 0 saturated heterocycles. The fourth-order valence-corrected chi connectivity index (χ4v) is 5.06. The van der Waals surface area contributed by atoms with Crippen LogP contribution in [0.15, 0.2) is 63.4 Å². The van der Waals surface area contributed by atoms with Crippen LogP contribution in [0.1, 0.15) is 12.0 Å². The van der Waals surface area contributed by atoms with Gasteiger partial charge in [-0.05, 0) is 55.0 Å². The molecule has 10 heteroatoms. The summed E-state index contributed by atoms with van der Waals surface area (Å²) in [5.41, 5.74) is 0.165. The smallest absolute Gasteiger partial charge is 0.270 e. The molecule has 0 aliphatic heterocycles. The van der Waals surface area contributed by atoms with E-state index in [0.717, 1.165) is 12.1 Å². The van der Waals surface area contributed by atoms with Gasteiger partial charge < -0.3 is 9.72 Å². The van der Waals surface area contributed by atoms with Crippen molar-refractivity contribution in [2.45, 2.75) is 16.5 Å². The number of sulfone groups is 1. The van der Waals surface area contributed by atoms with Gasteiger partial charge in [0.1, 0.15) is 23.2 Å². The Morgan fingerprint density at radius 3 is 2.45 bits per heavy atom. The van der Waals surface area contributed by atoms with E-state index in [2.05, 4.69) is 9.97 Å². The summed E-state index contributed by atoms with van der Waals surface area (Å²) in [5.74, 6) is 0.372. The van der Waals surface area contributed by atoms with Crippen molar-refractivity contribution < 1.29 is 17.5 Å². The Morgan fingerprint density at radius 1 is 1.16 bits per heavy atom. The Kier molecular flexibility index (Phi) is 7.09. The number of thioether (sulfide) groups is 1. The number of hydrogen-bond donors (Lipinski definition) is 1. The molecule has 160 valence electrons. The van der Waals surface area contributed by atoms with Crippen LogP contribution in [0, 0.1) is 17.1 Å². The number of H-pyrrole nitrogens is 1. The molecule has 0 saturated carbocycles. The molecule has 0 bridgehead atoms. The third-order valence-electron chi connectivity index (χ3n) is 4.34. The first-order valence-corrected chi connectivity index (χ1v) is 11.8. The lowest BCUT2D eigenvalue weighted by Gasteiger charge is -2.08. The summed E-state index contributed by atoms with van der Waals surface area (Å²) in [6.45, 7) is 0. The third-order valence-corrected chi connectivity index (χ3v) is 7.12. The van der Waals surface area contributed by atoms with E-state index in [1.807, 2.05) is 6.07 Å². The Morgan fingerprint density at radius 2 is 1.84 bits per heavy atom. The van der Waals surface area contributed by atoms with Gasteiger partial charge in [0.25, 0.3) is 5.56 Å². The van der Waals surface area contributed by atoms with Crippen LogP contribution in [0.3, 0.4) is 0 Å². The number of ether oxygens (including phenoxy) is 1. The van der Waals surface area contributed by atoms with Crippen molar-refractivity contribution in [3.05, 3.63) is 70.3 Å². The maximum Gasteiger partial charge on any atom is 0.270 e. The Bertz CT molecular complexity index is 1270. The molecule has 7 nitrogen and oxygen atoms in total. The van der Waals surface area contributed by atoms with Crippen LogP contribution < -0.4 is 10.3 Å². The first-order chi connectivity index (χ1) is 14.8. The molecule has 3 rings (SSSR count). The predicted octanol–water partition coefficient (Wildman–Crippen LogP) is 3.41. The molecule has 0 fully saturated rings. The molecule has 1 N–H and O–H groups in total. The van der Waals surface area contributed by atoms with Crippen molar-refractivity contribution in [3.8, 4) is 23.1 Å². The number of nitriles is 1. The zero-order valence-corrected chi connectivity index (χ0v) is 18.1. The van der Waals surface area contributed by atoms with Crippen LogP contribution in [0.2, 0.25) is 0 Å². The van der Waals surface area contributed by atoms with Crippen LogP contribution in [0.5, 0.6) is 5.75 Å². The number of aromatic amines is 1. The topological polar surface area (TPSA) is 113 Å². The van der Waals surface area contributed by atoms with Crippen molar-refractivity contribution in [1.29, 1.82) is 5.26 Å². The molecule has 3 aromatic rings. The third kappa shape index (κ3) is 5.51. The molecule has 0 atom stereocenters. The highest BCUT2D eigenvalue weighted by molar-refractivity contribution is 7.99. The number of hydrogen-bond acceptors (Lipinski definition) is 7. The highest BCUT2D eigenvalue weighted by Gasteiger charge is 2.16. The van der Waals surface area contributed by atoms with Gasteiger partial charge in [0.05, 0.1) is 23.5 Å². The lowest BCUT2D eigenvalue weighted by atomic mass is 10.1. The molecule has 0 aliphatic rings. The van der Waals surface area contributed by atoms with Gasteiger partial charge >= 0.3 is 0 Å². The molecule has 0 amide bonds. The molecule has 0 radical (unpaired) electrons. The number of nitrogens with zero attached hydrogens (tertiary/aromatic N) is 2. The van der Waals surface area contributed by atoms with Crippen LogP contribution >= 0.6 is 11.8 Å². The molecule has 0 unspecified atom stereocenters. The van der Waals surface area contributed by atoms with Gasteiger partial charge in [0, 0.05) is 11.3 Å². The first-order valence-electron chi connectivity index (χ1n) is 9.14. The highest BCUT2D eigenvalue weighted by atomic mass is 32.2. The molecule has 0 aliphatic carbocycles. The fourth-order valence-electron chi connectivity index (χ4n) is 2.76. The van der Waals surface area contributed by atoms with Crippen molar-refractivity contribution in [2.75, 3.05) is 18.6 Å². The Labute approximate surface area is 182 Å². The summed E-state index contributed by atoms with van der Waals surface area (Å²) in [6.07, 6.45) is 0.298. The summed E-state index contributed by atoms with van der Waals surface area (Å²) in [5, 5.41) is 9.64. The zero-order valence-electron chi connectivity index (χ0n) is 16.5. The maximum absolute atomic E-state index is 13.0. The standard InChI is InChI=1S/C21H18FN3O4S2/c1-29-16-7-3-14(4-8-16)19-18(13-23)20(26)25-21(24-19)30-11-2-12-31(27,28)17-9-5-15(22)6-10-17/h3-10H,2,11-12H2,1H3,(H,24,25,26). The fraction of sp³-hybridized carbons (Fsp3) is 0.190. The van der Waals surface area contributed by atoms with Crippen molar-refractivity contribution >= 4 is 21.6 Å². The minimum atomic E-state index is -3.54. The minimum Gasteiger partial charge on any atom is -0.497 e. The molecule has 0 spiro atoms. The number of benzene rings is 2. The van der Waals surface area contributed by atoms with E-state index in [-0.39, 0.29) is 27.1 Å². The predicted molar refractivity (Wildman–Crippen MR) is 115 cm³/mol. The van der Waals surface area contributed by atoms with E-state index in [9.17, 15) is 22.9 Å². The van der Waals surface area contributed by atoms with Crippen LogP contribution in [0.4, 0.5) is 4.39 Å². The van der Waals surface area contributed by atoms with Crippen LogP contribution in [-0.2, 0) is 9.84 Å². The number of halogens is 1. The van der Waals surface area contributed by atoms with Gasteiger partial charge in [-0.15, -0.1) is 0 Å². The van der Waals surface area contributed by atoms with Gasteiger partial charge in [-0.1, -0.05) is 11.8 Å². The lowest BCUT2D eigenvalue weighted by Crippen LogP contribution is -2.15. The molecule has 31 heavy (non-hydrogen) atoms. The largest absolute Gasteiger partial charge is 0.497 e. The number of methoxy groups -OCH3 is 1. The monoisotopic (exact) mass is 459 g/mol. The summed E-state index contributed by atoms with van der Waals surface area (Å²) in [7, 11) is -2.00. The SMILES string of the molecule is COc1ccc(-c2nc(SCCCS(=O)(=O)c3ccc(F)cc3)[nH]c(=O)c2C#N)cc1. The lowest BCUT2D eigenvalue weighted by molar-refractivity contribution is 0.415. The number of nitrogens with one attached hydrogen (secondary N) is 1. The van der Waals surface area contributed by atoms with Gasteiger partial charge in [0.15, 0.2) is 15.0 Å². The Balaban J connectivity index is 1.72. The minimum absolute atomic E-state index is 0.0607. The highest BCUT2D eigenvalue weighted by Crippen LogP contribution is 2.24. The maximum atomic E-state index is 13.0. The molecule has 1 aromatic heterocycles. The van der Waals surface area contributed by atoms with E-state index < -0.39 is 21.2 Å². The van der Waals surface area contributed by atoms with Gasteiger partial charge in [-0.3, -0.25) is 4.79 Å². The van der Waals surface area contributed by atoms with Gasteiger partial charge in [-0.2, -0.15) is 5.26 Å². The number of aromatic nitrogens is 2. The summed E-state index contributed by atoms with van der Waals surface area (Å²) < 4.78 is 42.8. The first kappa shape index (κ1) is 22.5. The summed E-state index contributed by atoms with van der Waals surface area (Å²) >= 11 is 1.18. The van der Waals surface area contributed by atoms with Crippen LogP contribution in [-0.4, -0.2) is 37.0 Å². The van der Waals surface area contributed by atoms with E-state index in [1.165, 1.54) is 31.0 Å². The molecule has 1 heterocycles. The summed E-state index contributed by atoms with van der Waals surface area (Å²) in [4.78, 5) is 19.3. The second-order valence-electron chi connectivity index (χ2n) is 6.41. The van der Waals surface area contributed by atoms with Crippen molar-refractivity contribution in [2.24, 2.45) is 0 Å². The van der Waals surface area contributed by atoms with Gasteiger partial charge in [0.2, 0.25) is 0 Å². The second-order valence-corrected chi connectivity index (χ2v) is 9.60. The second kappa shape index (κ2) is 9.76. The van der Waals surface area contributed by atoms with E-state index in [4.69, 9.17) is 4.74 Å². The average Bonchev–Trinajstić information content (AvgIpc) is 2.77. The van der Waals surface area contributed by atoms with Crippen molar-refractivity contribution in [3.63, 3.8) is 0 Å². The van der Waals surface area contributed by atoms with Gasteiger partial charge in [-0.25, -0.2) is 17.8 Å². The Hall–Kier alpha value is -3.16. The van der Waals surface area contributed by atoms with Crippen LogP contribution in [0.25, 0.3) is 11.3 Å². The van der Waals surface area contributed by atoms with E-state index in [0.29, 0.717) is 23.5 Å². The summed E-state index contributed by atoms with van der Waals surface area (Å²) in [6, 6.07) is 13.4. The molecule has 2 aromatic carbocycles. The van der Waals surface area contributed by atoms with E-state index >= 15 is 0 Å². The average molecular weight is 460 g/mol. The molecular weight excluding hydrogens is 441 g/mol. The van der Waals surface area contributed by atoms with E-state index in [1.54, 1.807) is 24.3 Å². The molecular formula is C21H18FN3O4S2. The quantitative estimate of drug-likeness (QED) is 0.238. The normalized spacial score (nSPS) is 11.1. The van der Waals surface area contributed by atoms with Crippen molar-refractivity contribution in [1.82, 2.24) is 9.97 Å². The number of rotatable bonds is 8.